The summed E-state index contributed by atoms with van der Waals surface area (Å²) in [4.78, 5) is 25.1. The number of likely N-dealkylation sites (tertiary alicyclic amines) is 1. The molecule has 4 rings (SSSR count). The quantitative estimate of drug-likeness (QED) is 0.860. The lowest BCUT2D eigenvalue weighted by Gasteiger charge is -2.32. The zero-order valence-corrected chi connectivity index (χ0v) is 14.7. The second kappa shape index (κ2) is 7.01. The average molecular weight is 341 g/mol. The van der Waals surface area contributed by atoms with Crippen LogP contribution < -0.4 is 0 Å². The van der Waals surface area contributed by atoms with Crippen molar-refractivity contribution >= 4 is 17.2 Å². The summed E-state index contributed by atoms with van der Waals surface area (Å²) in [6, 6.07) is 3.85. The van der Waals surface area contributed by atoms with Gasteiger partial charge in [0.1, 0.15) is 0 Å². The molecule has 2 aliphatic rings. The molecule has 1 aliphatic carbocycles. The first kappa shape index (κ1) is 15.8. The Morgan fingerprint density at radius 1 is 1.21 bits per heavy atom. The molecule has 1 amide bonds. The van der Waals surface area contributed by atoms with E-state index in [1.807, 2.05) is 28.4 Å². The number of amides is 1. The van der Waals surface area contributed by atoms with Crippen molar-refractivity contribution in [1.29, 1.82) is 0 Å². The highest BCUT2D eigenvalue weighted by atomic mass is 32.1. The maximum atomic E-state index is 12.6. The van der Waals surface area contributed by atoms with Crippen molar-refractivity contribution in [3.8, 4) is 0 Å². The molecule has 1 aliphatic heterocycles. The molecule has 1 fully saturated rings. The number of nitrogens with zero attached hydrogens (tertiary/aromatic N) is 3. The molecule has 1 atom stereocenters. The van der Waals surface area contributed by atoms with Crippen LogP contribution in [0, 0.1) is 0 Å². The molecule has 0 unspecified atom stereocenters. The summed E-state index contributed by atoms with van der Waals surface area (Å²) in [6.07, 6.45) is 11.1. The van der Waals surface area contributed by atoms with Gasteiger partial charge in [0.05, 0.1) is 17.1 Å². The summed E-state index contributed by atoms with van der Waals surface area (Å²) >= 11 is 1.90. The maximum absolute atomic E-state index is 12.6. The van der Waals surface area contributed by atoms with Crippen molar-refractivity contribution in [2.75, 3.05) is 13.1 Å². The number of rotatable bonds is 3. The van der Waals surface area contributed by atoms with Crippen LogP contribution >= 0.6 is 11.3 Å². The van der Waals surface area contributed by atoms with Gasteiger partial charge in [-0.3, -0.25) is 9.78 Å². The first-order chi connectivity index (χ1) is 11.8. The minimum atomic E-state index is 0.229. The van der Waals surface area contributed by atoms with Crippen molar-refractivity contribution in [3.05, 3.63) is 45.7 Å². The Morgan fingerprint density at radius 2 is 2.04 bits per heavy atom. The third-order valence-electron chi connectivity index (χ3n) is 5.09. The van der Waals surface area contributed by atoms with Crippen molar-refractivity contribution < 1.29 is 4.79 Å². The Kier molecular flexibility index (Phi) is 4.60. The lowest BCUT2D eigenvalue weighted by Crippen LogP contribution is -2.39. The molecule has 0 spiro atoms. The van der Waals surface area contributed by atoms with E-state index in [0.717, 1.165) is 37.9 Å². The SMILES string of the molecule is O=C(Cc1ccncc1)N1CCC[C@@H](c2nc3c(s2)CCCC3)C1. The third-order valence-corrected chi connectivity index (χ3v) is 6.41. The van der Waals surface area contributed by atoms with Gasteiger partial charge in [-0.15, -0.1) is 11.3 Å². The predicted octanol–water partition coefficient (Wildman–Crippen LogP) is 3.37. The molecule has 5 heteroatoms. The summed E-state index contributed by atoms with van der Waals surface area (Å²) in [6.45, 7) is 1.71. The van der Waals surface area contributed by atoms with Crippen LogP contribution in [-0.4, -0.2) is 33.9 Å². The molecule has 3 heterocycles. The normalized spacial score (nSPS) is 20.7. The Hall–Kier alpha value is -1.75. The van der Waals surface area contributed by atoms with E-state index >= 15 is 0 Å². The van der Waals surface area contributed by atoms with Gasteiger partial charge in [-0.1, -0.05) is 0 Å². The fourth-order valence-corrected chi connectivity index (χ4v) is 5.02. The molecule has 24 heavy (non-hydrogen) atoms. The number of thiazole rings is 1. The monoisotopic (exact) mass is 341 g/mol. The Balaban J connectivity index is 1.43. The van der Waals surface area contributed by atoms with E-state index in [4.69, 9.17) is 4.98 Å². The fraction of sp³-hybridized carbons (Fsp3) is 0.526. The zero-order chi connectivity index (χ0) is 16.4. The number of fused-ring (bicyclic) bond motifs is 1. The van der Waals surface area contributed by atoms with Gasteiger partial charge in [-0.05, 0) is 56.2 Å². The van der Waals surface area contributed by atoms with Crippen LogP contribution in [0.1, 0.15) is 52.7 Å². The molecule has 0 bridgehead atoms. The predicted molar refractivity (Wildman–Crippen MR) is 95.3 cm³/mol. The molecule has 2 aromatic rings. The molecule has 0 radical (unpaired) electrons. The van der Waals surface area contributed by atoms with E-state index in [-0.39, 0.29) is 5.91 Å². The van der Waals surface area contributed by atoms with Gasteiger partial charge < -0.3 is 4.90 Å². The van der Waals surface area contributed by atoms with Crippen molar-refractivity contribution in [1.82, 2.24) is 14.9 Å². The van der Waals surface area contributed by atoms with Gasteiger partial charge in [-0.2, -0.15) is 0 Å². The molecule has 1 saturated heterocycles. The second-order valence-electron chi connectivity index (χ2n) is 6.84. The van der Waals surface area contributed by atoms with Crippen LogP contribution in [0.25, 0.3) is 0 Å². The zero-order valence-electron chi connectivity index (χ0n) is 13.9. The van der Waals surface area contributed by atoms with Gasteiger partial charge >= 0.3 is 0 Å². The highest BCUT2D eigenvalue weighted by Gasteiger charge is 2.28. The highest BCUT2D eigenvalue weighted by molar-refractivity contribution is 7.11. The summed E-state index contributed by atoms with van der Waals surface area (Å²) in [7, 11) is 0. The van der Waals surface area contributed by atoms with Crippen LogP contribution in [0.4, 0.5) is 0 Å². The maximum Gasteiger partial charge on any atom is 0.227 e. The number of hydrogen-bond acceptors (Lipinski definition) is 4. The first-order valence-electron chi connectivity index (χ1n) is 8.95. The van der Waals surface area contributed by atoms with E-state index in [0.29, 0.717) is 12.3 Å². The molecule has 126 valence electrons. The van der Waals surface area contributed by atoms with Crippen LogP contribution in [-0.2, 0) is 24.1 Å². The summed E-state index contributed by atoms with van der Waals surface area (Å²) in [5, 5.41) is 1.27. The summed E-state index contributed by atoms with van der Waals surface area (Å²) in [5.74, 6) is 0.656. The summed E-state index contributed by atoms with van der Waals surface area (Å²) in [5.41, 5.74) is 2.38. The first-order valence-corrected chi connectivity index (χ1v) is 9.76. The van der Waals surface area contributed by atoms with Gasteiger partial charge in [0.2, 0.25) is 5.91 Å². The molecule has 4 nitrogen and oxygen atoms in total. The number of piperidine rings is 1. The van der Waals surface area contributed by atoms with Crippen molar-refractivity contribution in [2.45, 2.75) is 50.9 Å². The Bertz CT molecular complexity index is 689. The van der Waals surface area contributed by atoms with Gasteiger partial charge in [0.15, 0.2) is 0 Å². The molecule has 0 N–H and O–H groups in total. The lowest BCUT2D eigenvalue weighted by molar-refractivity contribution is -0.131. The van der Waals surface area contributed by atoms with Crippen LogP contribution in [0.3, 0.4) is 0 Å². The lowest BCUT2D eigenvalue weighted by atomic mass is 9.97. The molecule has 0 aromatic carbocycles. The summed E-state index contributed by atoms with van der Waals surface area (Å²) < 4.78 is 0. The smallest absolute Gasteiger partial charge is 0.227 e. The minimum Gasteiger partial charge on any atom is -0.342 e. The molecule has 2 aromatic heterocycles. The van der Waals surface area contributed by atoms with E-state index in [2.05, 4.69) is 4.98 Å². The molecular formula is C19H23N3OS. The topological polar surface area (TPSA) is 46.1 Å². The van der Waals surface area contributed by atoms with E-state index in [1.54, 1.807) is 12.4 Å². The number of aryl methyl sites for hydroxylation is 2. The average Bonchev–Trinajstić information content (AvgIpc) is 3.07. The number of carbonyl (C=O) groups excluding carboxylic acids is 1. The van der Waals surface area contributed by atoms with Gasteiger partial charge in [0, 0.05) is 36.3 Å². The standard InChI is InChI=1S/C19H23N3OS/c23-18(12-14-7-9-20-10-8-14)22-11-3-4-15(13-22)19-21-16-5-1-2-6-17(16)24-19/h7-10,15H,1-6,11-13H2/t15-/m1/s1. The van der Waals surface area contributed by atoms with E-state index in [9.17, 15) is 4.79 Å². The highest BCUT2D eigenvalue weighted by Crippen LogP contribution is 2.34. The molecular weight excluding hydrogens is 318 g/mol. The van der Waals surface area contributed by atoms with Crippen LogP contribution in [0.5, 0.6) is 0 Å². The number of pyridine rings is 1. The Morgan fingerprint density at radius 3 is 2.88 bits per heavy atom. The van der Waals surface area contributed by atoms with E-state index in [1.165, 1.54) is 34.8 Å². The third kappa shape index (κ3) is 3.36. The van der Waals surface area contributed by atoms with Crippen LogP contribution in [0.15, 0.2) is 24.5 Å². The number of hydrogen-bond donors (Lipinski definition) is 0. The number of carbonyl (C=O) groups is 1. The second-order valence-corrected chi connectivity index (χ2v) is 7.96. The largest absolute Gasteiger partial charge is 0.342 e. The van der Waals surface area contributed by atoms with Gasteiger partial charge in [0.25, 0.3) is 0 Å². The molecule has 0 saturated carbocycles. The van der Waals surface area contributed by atoms with Crippen molar-refractivity contribution in [3.63, 3.8) is 0 Å². The minimum absolute atomic E-state index is 0.229. The van der Waals surface area contributed by atoms with Crippen LogP contribution in [0.2, 0.25) is 0 Å². The van der Waals surface area contributed by atoms with E-state index < -0.39 is 0 Å². The van der Waals surface area contributed by atoms with Crippen molar-refractivity contribution in [2.24, 2.45) is 0 Å². The Labute approximate surface area is 146 Å². The van der Waals surface area contributed by atoms with Gasteiger partial charge in [-0.25, -0.2) is 4.98 Å². The number of aromatic nitrogens is 2. The fourth-order valence-electron chi connectivity index (χ4n) is 3.74.